The van der Waals surface area contributed by atoms with Gasteiger partial charge in [0, 0.05) is 17.6 Å². The van der Waals surface area contributed by atoms with Gasteiger partial charge in [0.05, 0.1) is 16.7 Å². The zero-order chi connectivity index (χ0) is 14.1. The van der Waals surface area contributed by atoms with E-state index in [1.54, 1.807) is 6.20 Å². The van der Waals surface area contributed by atoms with E-state index < -0.39 is 0 Å². The van der Waals surface area contributed by atoms with E-state index in [0.717, 1.165) is 23.5 Å². The van der Waals surface area contributed by atoms with Crippen LogP contribution in [0.2, 0.25) is 0 Å². The van der Waals surface area contributed by atoms with Crippen molar-refractivity contribution in [2.24, 2.45) is 0 Å². The first kappa shape index (κ1) is 13.2. The van der Waals surface area contributed by atoms with Gasteiger partial charge in [0.25, 0.3) is 5.91 Å². The molecule has 2 aromatic rings. The molecule has 0 saturated heterocycles. The lowest BCUT2D eigenvalue weighted by molar-refractivity contribution is 0.0665. The van der Waals surface area contributed by atoms with Crippen molar-refractivity contribution in [2.75, 3.05) is 0 Å². The van der Waals surface area contributed by atoms with Crippen molar-refractivity contribution in [2.45, 2.75) is 38.8 Å². The molecule has 20 heavy (non-hydrogen) atoms. The first-order chi connectivity index (χ1) is 9.66. The maximum Gasteiger partial charge on any atom is 0.274 e. The Hall–Kier alpha value is -1.75. The van der Waals surface area contributed by atoms with Crippen LogP contribution >= 0.6 is 11.3 Å². The Labute approximate surface area is 122 Å². The zero-order valence-electron chi connectivity index (χ0n) is 11.6. The van der Waals surface area contributed by atoms with Crippen molar-refractivity contribution in [3.05, 3.63) is 46.2 Å². The summed E-state index contributed by atoms with van der Waals surface area (Å²) in [5.41, 5.74) is 1.49. The Morgan fingerprint density at radius 2 is 2.25 bits per heavy atom. The molecule has 5 heteroatoms. The van der Waals surface area contributed by atoms with Crippen molar-refractivity contribution >= 4 is 17.2 Å². The topological polar surface area (TPSA) is 46.1 Å². The van der Waals surface area contributed by atoms with Crippen molar-refractivity contribution < 1.29 is 4.79 Å². The number of hydrogen-bond acceptors (Lipinski definition) is 4. The molecule has 2 aromatic heterocycles. The highest BCUT2D eigenvalue weighted by Gasteiger charge is 2.37. The van der Waals surface area contributed by atoms with Crippen LogP contribution < -0.4 is 0 Å². The quantitative estimate of drug-likeness (QED) is 0.867. The first-order valence-electron chi connectivity index (χ1n) is 6.82. The molecule has 0 aromatic carbocycles. The lowest BCUT2D eigenvalue weighted by Crippen LogP contribution is -2.36. The molecule has 1 saturated carbocycles. The van der Waals surface area contributed by atoms with E-state index in [4.69, 9.17) is 0 Å². The summed E-state index contributed by atoms with van der Waals surface area (Å²) in [5.74, 6) is 0.0232. The predicted octanol–water partition coefficient (Wildman–Crippen LogP) is 3.21. The number of amides is 1. The van der Waals surface area contributed by atoms with Crippen LogP contribution in [0.25, 0.3) is 0 Å². The normalized spacial score (nSPS) is 15.9. The molecule has 0 radical (unpaired) electrons. The van der Waals surface area contributed by atoms with Crippen LogP contribution in [0, 0.1) is 6.92 Å². The van der Waals surface area contributed by atoms with Gasteiger partial charge in [-0.15, -0.1) is 11.3 Å². The van der Waals surface area contributed by atoms with E-state index in [1.165, 1.54) is 11.3 Å². The fourth-order valence-electron chi connectivity index (χ4n) is 2.37. The number of hydrogen-bond donors (Lipinski definition) is 0. The van der Waals surface area contributed by atoms with Crippen LogP contribution in [0.5, 0.6) is 0 Å². The van der Waals surface area contributed by atoms with Crippen LogP contribution in [-0.2, 0) is 0 Å². The summed E-state index contributed by atoms with van der Waals surface area (Å²) in [4.78, 5) is 23.3. The number of pyridine rings is 1. The number of carbonyl (C=O) groups is 1. The van der Waals surface area contributed by atoms with Crippen LogP contribution in [0.15, 0.2) is 29.8 Å². The van der Waals surface area contributed by atoms with E-state index >= 15 is 0 Å². The molecule has 0 spiro atoms. The SMILES string of the molecule is Cc1nc(C(=O)N(C2CC2)C(C)c2ccccn2)cs1. The third kappa shape index (κ3) is 2.58. The minimum Gasteiger partial charge on any atom is -0.326 e. The van der Waals surface area contributed by atoms with Crippen molar-refractivity contribution in [1.29, 1.82) is 0 Å². The summed E-state index contributed by atoms with van der Waals surface area (Å²) in [5, 5.41) is 2.77. The van der Waals surface area contributed by atoms with Gasteiger partial charge in [-0.25, -0.2) is 4.98 Å². The van der Waals surface area contributed by atoms with Gasteiger partial charge < -0.3 is 4.90 Å². The Morgan fingerprint density at radius 1 is 1.45 bits per heavy atom. The fourth-order valence-corrected chi connectivity index (χ4v) is 2.96. The van der Waals surface area contributed by atoms with Crippen LogP contribution in [0.3, 0.4) is 0 Å². The second-order valence-electron chi connectivity index (χ2n) is 5.13. The highest BCUT2D eigenvalue weighted by atomic mass is 32.1. The van der Waals surface area contributed by atoms with Gasteiger partial charge in [-0.1, -0.05) is 6.07 Å². The summed E-state index contributed by atoms with van der Waals surface area (Å²) >= 11 is 1.52. The number of aromatic nitrogens is 2. The van der Waals surface area contributed by atoms with E-state index in [1.807, 2.05) is 42.3 Å². The summed E-state index contributed by atoms with van der Waals surface area (Å²) in [6.45, 7) is 3.96. The Kier molecular flexibility index (Phi) is 3.53. The third-order valence-corrected chi connectivity index (χ3v) is 4.32. The Bertz CT molecular complexity index is 607. The minimum atomic E-state index is -0.0155. The molecular formula is C15H17N3OS. The highest BCUT2D eigenvalue weighted by Crippen LogP contribution is 2.35. The molecule has 1 unspecified atom stereocenters. The molecule has 1 aliphatic rings. The van der Waals surface area contributed by atoms with Crippen LogP contribution in [0.4, 0.5) is 0 Å². The molecule has 3 rings (SSSR count). The first-order valence-corrected chi connectivity index (χ1v) is 7.70. The minimum absolute atomic E-state index is 0.0155. The van der Waals surface area contributed by atoms with Gasteiger partial charge in [-0.3, -0.25) is 9.78 Å². The molecule has 1 aliphatic carbocycles. The number of carbonyl (C=O) groups excluding carboxylic acids is 1. The van der Waals surface area contributed by atoms with Gasteiger partial charge in [-0.05, 0) is 38.8 Å². The fraction of sp³-hybridized carbons (Fsp3) is 0.400. The Morgan fingerprint density at radius 3 is 2.80 bits per heavy atom. The van der Waals surface area contributed by atoms with E-state index in [0.29, 0.717) is 11.7 Å². The number of aryl methyl sites for hydroxylation is 1. The molecule has 1 amide bonds. The monoisotopic (exact) mass is 287 g/mol. The predicted molar refractivity (Wildman–Crippen MR) is 78.7 cm³/mol. The summed E-state index contributed by atoms with van der Waals surface area (Å²) in [6, 6.07) is 6.14. The van der Waals surface area contributed by atoms with E-state index in [-0.39, 0.29) is 11.9 Å². The van der Waals surface area contributed by atoms with Crippen LogP contribution in [-0.4, -0.2) is 26.8 Å². The van der Waals surface area contributed by atoms with Gasteiger partial charge in [0.2, 0.25) is 0 Å². The molecule has 1 atom stereocenters. The van der Waals surface area contributed by atoms with Gasteiger partial charge in [0.15, 0.2) is 0 Å². The Balaban J connectivity index is 1.88. The molecule has 1 fully saturated rings. The second kappa shape index (κ2) is 5.32. The van der Waals surface area contributed by atoms with Gasteiger partial charge in [0.1, 0.15) is 5.69 Å². The number of rotatable bonds is 4. The lowest BCUT2D eigenvalue weighted by Gasteiger charge is -2.28. The van der Waals surface area contributed by atoms with Crippen molar-refractivity contribution in [1.82, 2.24) is 14.9 Å². The maximum absolute atomic E-state index is 12.7. The average Bonchev–Trinajstić information content (AvgIpc) is 3.20. The number of thiazole rings is 1. The average molecular weight is 287 g/mol. The molecular weight excluding hydrogens is 270 g/mol. The lowest BCUT2D eigenvalue weighted by atomic mass is 10.1. The second-order valence-corrected chi connectivity index (χ2v) is 6.19. The maximum atomic E-state index is 12.7. The van der Waals surface area contributed by atoms with E-state index in [2.05, 4.69) is 9.97 Å². The van der Waals surface area contributed by atoms with Crippen LogP contribution in [0.1, 0.15) is 47.0 Å². The van der Waals surface area contributed by atoms with Crippen molar-refractivity contribution in [3.63, 3.8) is 0 Å². The zero-order valence-corrected chi connectivity index (χ0v) is 12.4. The van der Waals surface area contributed by atoms with Gasteiger partial charge >= 0.3 is 0 Å². The summed E-state index contributed by atoms with van der Waals surface area (Å²) < 4.78 is 0. The smallest absolute Gasteiger partial charge is 0.274 e. The largest absolute Gasteiger partial charge is 0.326 e. The molecule has 0 bridgehead atoms. The van der Waals surface area contributed by atoms with Crippen molar-refractivity contribution in [3.8, 4) is 0 Å². The molecule has 0 aliphatic heterocycles. The highest BCUT2D eigenvalue weighted by molar-refractivity contribution is 7.09. The van der Waals surface area contributed by atoms with Gasteiger partial charge in [-0.2, -0.15) is 0 Å². The summed E-state index contributed by atoms with van der Waals surface area (Å²) in [7, 11) is 0. The third-order valence-electron chi connectivity index (χ3n) is 3.55. The molecule has 104 valence electrons. The van der Waals surface area contributed by atoms with E-state index in [9.17, 15) is 4.79 Å². The summed E-state index contributed by atoms with van der Waals surface area (Å²) in [6.07, 6.45) is 3.92. The number of nitrogens with zero attached hydrogens (tertiary/aromatic N) is 3. The molecule has 4 nitrogen and oxygen atoms in total. The standard InChI is InChI=1S/C15H17N3OS/c1-10(13-5-3-4-8-16-13)18(12-6-7-12)15(19)14-9-20-11(2)17-14/h3-5,8-10,12H,6-7H2,1-2H3. The molecule has 0 N–H and O–H groups in total. The molecule has 2 heterocycles.